The van der Waals surface area contributed by atoms with Gasteiger partial charge in [0.1, 0.15) is 17.1 Å². The predicted octanol–water partition coefficient (Wildman–Crippen LogP) is 4.68. The number of rotatable bonds is 7. The van der Waals surface area contributed by atoms with Crippen LogP contribution < -0.4 is 15.1 Å². The number of benzene rings is 2. The van der Waals surface area contributed by atoms with Crippen LogP contribution in [0.4, 0.5) is 0 Å². The molecule has 6 heteroatoms. The van der Waals surface area contributed by atoms with Crippen molar-refractivity contribution >= 4 is 16.9 Å². The molecular weight excluding hydrogens is 384 g/mol. The maximum Gasteiger partial charge on any atom is 0.344 e. The van der Waals surface area contributed by atoms with Gasteiger partial charge in [0, 0.05) is 16.9 Å². The van der Waals surface area contributed by atoms with Gasteiger partial charge in [0.2, 0.25) is 0 Å². The Labute approximate surface area is 174 Å². The number of esters is 1. The molecule has 0 amide bonds. The molecule has 3 aromatic rings. The zero-order chi connectivity index (χ0) is 21.8. The fraction of sp³-hybridized carbons (Fsp3) is 0.250. The van der Waals surface area contributed by atoms with E-state index in [-0.39, 0.29) is 11.5 Å². The van der Waals surface area contributed by atoms with E-state index in [4.69, 9.17) is 13.9 Å². The fourth-order valence-corrected chi connectivity index (χ4v) is 2.73. The predicted molar refractivity (Wildman–Crippen MR) is 114 cm³/mol. The van der Waals surface area contributed by atoms with Crippen LogP contribution in [0.3, 0.4) is 0 Å². The van der Waals surface area contributed by atoms with Crippen molar-refractivity contribution in [1.82, 2.24) is 0 Å². The number of aliphatic hydroxyl groups excluding tert-OH is 1. The van der Waals surface area contributed by atoms with Gasteiger partial charge in [0.25, 0.3) is 0 Å². The van der Waals surface area contributed by atoms with Gasteiger partial charge in [0.05, 0.1) is 5.56 Å². The van der Waals surface area contributed by atoms with Crippen molar-refractivity contribution in [2.45, 2.75) is 33.5 Å². The second kappa shape index (κ2) is 8.97. The van der Waals surface area contributed by atoms with E-state index in [0.29, 0.717) is 33.6 Å². The average molecular weight is 408 g/mol. The molecule has 0 spiro atoms. The summed E-state index contributed by atoms with van der Waals surface area (Å²) in [6, 6.07) is 13.3. The SMILES string of the molecule is C=C(C)C(=O)Oc1ccc2oc(=O)c(-c3ccc(OC(O)C(C)CC)cc3)cc2c1. The maximum atomic E-state index is 12.4. The molecule has 6 nitrogen and oxygen atoms in total. The van der Waals surface area contributed by atoms with E-state index in [1.807, 2.05) is 13.8 Å². The lowest BCUT2D eigenvalue weighted by Crippen LogP contribution is -2.23. The van der Waals surface area contributed by atoms with Gasteiger partial charge in [-0.05, 0) is 55.3 Å². The van der Waals surface area contributed by atoms with Crippen molar-refractivity contribution in [3.63, 3.8) is 0 Å². The first-order chi connectivity index (χ1) is 14.3. The summed E-state index contributed by atoms with van der Waals surface area (Å²) in [5.41, 5.74) is 1.19. The van der Waals surface area contributed by atoms with Crippen LogP contribution in [0.15, 0.2) is 69.9 Å². The van der Waals surface area contributed by atoms with Crippen LogP contribution in [0.1, 0.15) is 27.2 Å². The summed E-state index contributed by atoms with van der Waals surface area (Å²) in [6.07, 6.45) is -0.104. The second-order valence-electron chi connectivity index (χ2n) is 7.24. The minimum absolute atomic E-state index is 0.00498. The van der Waals surface area contributed by atoms with E-state index in [0.717, 1.165) is 6.42 Å². The first-order valence-electron chi connectivity index (χ1n) is 9.69. The van der Waals surface area contributed by atoms with Crippen LogP contribution in [0, 0.1) is 5.92 Å². The Bertz CT molecular complexity index is 1130. The topological polar surface area (TPSA) is 86.0 Å². The van der Waals surface area contributed by atoms with Crippen LogP contribution in [0.5, 0.6) is 11.5 Å². The number of carbonyl (C=O) groups excluding carboxylic acids is 1. The Morgan fingerprint density at radius 1 is 1.13 bits per heavy atom. The normalized spacial score (nSPS) is 12.9. The van der Waals surface area contributed by atoms with Gasteiger partial charge in [0.15, 0.2) is 6.29 Å². The maximum absolute atomic E-state index is 12.4. The molecule has 2 aromatic carbocycles. The third-order valence-corrected chi connectivity index (χ3v) is 4.82. The number of fused-ring (bicyclic) bond motifs is 1. The largest absolute Gasteiger partial charge is 0.465 e. The third-order valence-electron chi connectivity index (χ3n) is 4.82. The zero-order valence-corrected chi connectivity index (χ0v) is 17.2. The van der Waals surface area contributed by atoms with Gasteiger partial charge in [-0.3, -0.25) is 0 Å². The molecule has 3 rings (SSSR count). The van der Waals surface area contributed by atoms with E-state index in [1.165, 1.54) is 0 Å². The van der Waals surface area contributed by atoms with Crippen molar-refractivity contribution < 1.29 is 23.8 Å². The van der Waals surface area contributed by atoms with Gasteiger partial charge in [-0.1, -0.05) is 32.6 Å². The molecule has 0 saturated carbocycles. The molecule has 30 heavy (non-hydrogen) atoms. The first kappa shape index (κ1) is 21.3. The van der Waals surface area contributed by atoms with E-state index >= 15 is 0 Å². The molecule has 0 radical (unpaired) electrons. The second-order valence-corrected chi connectivity index (χ2v) is 7.24. The van der Waals surface area contributed by atoms with Crippen molar-refractivity contribution in [3.05, 3.63) is 71.1 Å². The number of carbonyl (C=O) groups is 1. The summed E-state index contributed by atoms with van der Waals surface area (Å²) in [4.78, 5) is 24.2. The van der Waals surface area contributed by atoms with E-state index in [1.54, 1.807) is 55.5 Å². The van der Waals surface area contributed by atoms with Gasteiger partial charge in [-0.15, -0.1) is 0 Å². The molecule has 1 heterocycles. The highest BCUT2D eigenvalue weighted by Gasteiger charge is 2.15. The molecule has 0 saturated heterocycles. The summed E-state index contributed by atoms with van der Waals surface area (Å²) in [5, 5.41) is 10.6. The molecule has 1 aromatic heterocycles. The minimum atomic E-state index is -0.896. The van der Waals surface area contributed by atoms with Crippen LogP contribution >= 0.6 is 0 Å². The number of ether oxygens (including phenoxy) is 2. The average Bonchev–Trinajstić information content (AvgIpc) is 2.73. The molecule has 156 valence electrons. The Balaban J connectivity index is 1.89. The quantitative estimate of drug-likeness (QED) is 0.201. The standard InChI is InChI=1S/C24H24O6/c1-5-15(4)23(26)28-18-8-6-16(7-9-18)20-13-17-12-19(29-22(25)14(2)3)10-11-21(17)30-24(20)27/h6-13,15,23,26H,2,5H2,1,3-4H3. The highest BCUT2D eigenvalue weighted by molar-refractivity contribution is 5.90. The van der Waals surface area contributed by atoms with Gasteiger partial charge >= 0.3 is 11.6 Å². The van der Waals surface area contributed by atoms with Gasteiger partial charge in [-0.25, -0.2) is 9.59 Å². The van der Waals surface area contributed by atoms with Crippen LogP contribution in [-0.4, -0.2) is 17.4 Å². The van der Waals surface area contributed by atoms with Crippen molar-refractivity contribution in [2.75, 3.05) is 0 Å². The molecule has 1 N–H and O–H groups in total. The highest BCUT2D eigenvalue weighted by Crippen LogP contribution is 2.27. The summed E-state index contributed by atoms with van der Waals surface area (Å²) in [5.74, 6) is 0.316. The van der Waals surface area contributed by atoms with Crippen LogP contribution in [-0.2, 0) is 4.79 Å². The summed E-state index contributed by atoms with van der Waals surface area (Å²) >= 11 is 0. The first-order valence-corrected chi connectivity index (χ1v) is 9.69. The number of hydrogen-bond donors (Lipinski definition) is 1. The summed E-state index contributed by atoms with van der Waals surface area (Å²) in [7, 11) is 0. The fourth-order valence-electron chi connectivity index (χ4n) is 2.73. The summed E-state index contributed by atoms with van der Waals surface area (Å²) in [6.45, 7) is 9.00. The molecular formula is C24H24O6. The molecule has 2 atom stereocenters. The van der Waals surface area contributed by atoms with Gasteiger partial charge < -0.3 is 19.0 Å². The zero-order valence-electron chi connectivity index (χ0n) is 17.2. The Morgan fingerprint density at radius 3 is 2.43 bits per heavy atom. The van der Waals surface area contributed by atoms with Crippen molar-refractivity contribution in [3.8, 4) is 22.6 Å². The van der Waals surface area contributed by atoms with E-state index in [9.17, 15) is 14.7 Å². The lowest BCUT2D eigenvalue weighted by Gasteiger charge is -2.18. The lowest BCUT2D eigenvalue weighted by atomic mass is 10.1. The Kier molecular flexibility index (Phi) is 6.37. The number of hydrogen-bond acceptors (Lipinski definition) is 6. The smallest absolute Gasteiger partial charge is 0.344 e. The molecule has 0 aliphatic heterocycles. The van der Waals surface area contributed by atoms with E-state index in [2.05, 4.69) is 6.58 Å². The molecule has 0 fully saturated rings. The highest BCUT2D eigenvalue weighted by atomic mass is 16.6. The van der Waals surface area contributed by atoms with E-state index < -0.39 is 17.9 Å². The van der Waals surface area contributed by atoms with Crippen molar-refractivity contribution in [1.29, 1.82) is 0 Å². The molecule has 0 aliphatic carbocycles. The summed E-state index contributed by atoms with van der Waals surface area (Å²) < 4.78 is 16.2. The molecule has 0 aliphatic rings. The Hall–Kier alpha value is -3.38. The lowest BCUT2D eigenvalue weighted by molar-refractivity contribution is -0.130. The van der Waals surface area contributed by atoms with Crippen molar-refractivity contribution in [2.24, 2.45) is 5.92 Å². The number of aliphatic hydroxyl groups is 1. The third kappa shape index (κ3) is 4.78. The van der Waals surface area contributed by atoms with Crippen LogP contribution in [0.25, 0.3) is 22.1 Å². The Morgan fingerprint density at radius 2 is 1.80 bits per heavy atom. The van der Waals surface area contributed by atoms with Crippen LogP contribution in [0.2, 0.25) is 0 Å². The van der Waals surface area contributed by atoms with Gasteiger partial charge in [-0.2, -0.15) is 0 Å². The minimum Gasteiger partial charge on any atom is -0.465 e. The monoisotopic (exact) mass is 408 g/mol. The molecule has 2 unspecified atom stereocenters. The molecule has 0 bridgehead atoms.